The number of hydrogen-bond donors (Lipinski definition) is 1. The summed E-state index contributed by atoms with van der Waals surface area (Å²) in [4.78, 5) is 21.7. The summed E-state index contributed by atoms with van der Waals surface area (Å²) in [6.45, 7) is 1.77. The number of methoxy groups -OCH3 is 1. The Morgan fingerprint density at radius 2 is 2.28 bits per heavy atom. The number of ether oxygens (including phenoxy) is 1. The van der Waals surface area contributed by atoms with Crippen molar-refractivity contribution in [2.24, 2.45) is 0 Å². The van der Waals surface area contributed by atoms with E-state index >= 15 is 0 Å². The maximum absolute atomic E-state index is 10.9. The Morgan fingerprint density at radius 3 is 2.72 bits per heavy atom. The maximum atomic E-state index is 10.9. The van der Waals surface area contributed by atoms with Gasteiger partial charge in [0.15, 0.2) is 5.75 Å². The second-order valence-corrected chi connectivity index (χ2v) is 4.72. The van der Waals surface area contributed by atoms with Crippen LogP contribution < -0.4 is 4.74 Å². The van der Waals surface area contributed by atoms with Gasteiger partial charge in [0.1, 0.15) is 5.25 Å². The standard InChI is InChI=1S/C11H13NO5S/c1-3-10(11(13)14)18-7-4-5-8(12(15)16)9(6-7)17-2/h4-6,10H,3H2,1-2H3,(H,13,14). The first-order valence-corrected chi connectivity index (χ1v) is 6.09. The van der Waals surface area contributed by atoms with Crippen LogP contribution in [0.2, 0.25) is 0 Å². The number of carbonyl (C=O) groups is 1. The smallest absolute Gasteiger partial charge is 0.316 e. The molecule has 0 aliphatic carbocycles. The van der Waals surface area contributed by atoms with Crippen molar-refractivity contribution >= 4 is 23.4 Å². The first-order valence-electron chi connectivity index (χ1n) is 5.21. The normalized spacial score (nSPS) is 11.9. The summed E-state index contributed by atoms with van der Waals surface area (Å²) in [5, 5.41) is 19.1. The van der Waals surface area contributed by atoms with Crippen LogP contribution in [0.1, 0.15) is 13.3 Å². The molecule has 0 aliphatic heterocycles. The van der Waals surface area contributed by atoms with Gasteiger partial charge in [-0.15, -0.1) is 11.8 Å². The molecular weight excluding hydrogens is 258 g/mol. The predicted molar refractivity (Wildman–Crippen MR) is 67.2 cm³/mol. The molecule has 98 valence electrons. The SMILES string of the molecule is CCC(Sc1ccc([N+](=O)[O-])c(OC)c1)C(=O)O. The molecule has 0 spiro atoms. The van der Waals surface area contributed by atoms with Gasteiger partial charge in [-0.25, -0.2) is 0 Å². The van der Waals surface area contributed by atoms with E-state index in [1.165, 1.54) is 25.3 Å². The molecule has 0 bridgehead atoms. The van der Waals surface area contributed by atoms with Crippen LogP contribution in [0.15, 0.2) is 23.1 Å². The second kappa shape index (κ2) is 6.25. The summed E-state index contributed by atoms with van der Waals surface area (Å²) in [6, 6.07) is 4.32. The number of benzene rings is 1. The third-order valence-corrected chi connectivity index (χ3v) is 3.62. The fraction of sp³-hybridized carbons (Fsp3) is 0.364. The lowest BCUT2D eigenvalue weighted by molar-refractivity contribution is -0.385. The molecule has 7 heteroatoms. The highest BCUT2D eigenvalue weighted by atomic mass is 32.2. The molecule has 6 nitrogen and oxygen atoms in total. The molecule has 0 radical (unpaired) electrons. The molecule has 0 saturated heterocycles. The summed E-state index contributed by atoms with van der Waals surface area (Å²) in [6.07, 6.45) is 0.472. The number of aliphatic carboxylic acids is 1. The van der Waals surface area contributed by atoms with Crippen LogP contribution in [0.25, 0.3) is 0 Å². The minimum absolute atomic E-state index is 0.130. The number of thioether (sulfide) groups is 1. The number of nitrogens with zero attached hydrogens (tertiary/aromatic N) is 1. The van der Waals surface area contributed by atoms with Gasteiger partial charge < -0.3 is 9.84 Å². The van der Waals surface area contributed by atoms with Gasteiger partial charge in [-0.05, 0) is 12.5 Å². The molecular formula is C11H13NO5S. The quantitative estimate of drug-likeness (QED) is 0.486. The van der Waals surface area contributed by atoms with E-state index in [-0.39, 0.29) is 11.4 Å². The summed E-state index contributed by atoms with van der Waals surface area (Å²) < 4.78 is 4.92. The second-order valence-electron chi connectivity index (χ2n) is 3.44. The highest BCUT2D eigenvalue weighted by Crippen LogP contribution is 2.34. The van der Waals surface area contributed by atoms with Crippen LogP contribution in [0.3, 0.4) is 0 Å². The molecule has 0 saturated carbocycles. The van der Waals surface area contributed by atoms with Crippen molar-refractivity contribution < 1.29 is 19.6 Å². The van der Waals surface area contributed by atoms with Crippen molar-refractivity contribution in [2.45, 2.75) is 23.5 Å². The van der Waals surface area contributed by atoms with E-state index in [1.807, 2.05) is 0 Å². The highest BCUT2D eigenvalue weighted by molar-refractivity contribution is 8.00. The molecule has 1 N–H and O–H groups in total. The topological polar surface area (TPSA) is 89.7 Å². The van der Waals surface area contributed by atoms with Crippen LogP contribution in [0.5, 0.6) is 5.75 Å². The average molecular weight is 271 g/mol. The molecule has 1 rings (SSSR count). The van der Waals surface area contributed by atoms with Crippen molar-refractivity contribution in [3.05, 3.63) is 28.3 Å². The maximum Gasteiger partial charge on any atom is 0.316 e. The Hall–Kier alpha value is -1.76. The van der Waals surface area contributed by atoms with Gasteiger partial charge in [0.05, 0.1) is 12.0 Å². The largest absolute Gasteiger partial charge is 0.490 e. The number of rotatable bonds is 6. The first-order chi connectivity index (χ1) is 8.49. The van der Waals surface area contributed by atoms with Crippen molar-refractivity contribution in [3.63, 3.8) is 0 Å². The zero-order valence-corrected chi connectivity index (χ0v) is 10.8. The molecule has 1 aromatic carbocycles. The molecule has 0 aromatic heterocycles. The Bertz CT molecular complexity index is 463. The van der Waals surface area contributed by atoms with Gasteiger partial charge in [0.2, 0.25) is 0 Å². The fourth-order valence-electron chi connectivity index (χ4n) is 1.35. The molecule has 1 aromatic rings. The Morgan fingerprint density at radius 1 is 1.61 bits per heavy atom. The Balaban J connectivity index is 2.98. The minimum Gasteiger partial charge on any atom is -0.490 e. The first kappa shape index (κ1) is 14.3. The molecule has 18 heavy (non-hydrogen) atoms. The van der Waals surface area contributed by atoms with E-state index < -0.39 is 16.1 Å². The third kappa shape index (κ3) is 3.36. The molecule has 0 aliphatic rings. The predicted octanol–water partition coefficient (Wildman–Crippen LogP) is 2.56. The lowest BCUT2D eigenvalue weighted by atomic mass is 10.3. The van der Waals surface area contributed by atoms with Crippen LogP contribution in [0, 0.1) is 10.1 Å². The molecule has 1 unspecified atom stereocenters. The van der Waals surface area contributed by atoms with Crippen molar-refractivity contribution in [1.29, 1.82) is 0 Å². The van der Waals surface area contributed by atoms with E-state index in [4.69, 9.17) is 9.84 Å². The number of carboxylic acid groups (broad SMARTS) is 1. The molecule has 0 heterocycles. The van der Waals surface area contributed by atoms with Gasteiger partial charge >= 0.3 is 11.7 Å². The summed E-state index contributed by atoms with van der Waals surface area (Å²) in [7, 11) is 1.34. The van der Waals surface area contributed by atoms with E-state index in [0.717, 1.165) is 11.8 Å². The van der Waals surface area contributed by atoms with E-state index in [9.17, 15) is 14.9 Å². The van der Waals surface area contributed by atoms with E-state index in [1.54, 1.807) is 6.92 Å². The number of nitro benzene ring substituents is 1. The Labute approximate surface area is 108 Å². The monoisotopic (exact) mass is 271 g/mol. The summed E-state index contributed by atoms with van der Waals surface area (Å²) >= 11 is 1.14. The summed E-state index contributed by atoms with van der Waals surface area (Å²) in [5.74, 6) is -0.773. The zero-order chi connectivity index (χ0) is 13.7. The lowest BCUT2D eigenvalue weighted by Gasteiger charge is -2.10. The van der Waals surface area contributed by atoms with Crippen molar-refractivity contribution in [2.75, 3.05) is 7.11 Å². The number of nitro groups is 1. The van der Waals surface area contributed by atoms with Gasteiger partial charge in [-0.2, -0.15) is 0 Å². The van der Waals surface area contributed by atoms with Crippen LogP contribution in [-0.2, 0) is 4.79 Å². The van der Waals surface area contributed by atoms with Crippen molar-refractivity contribution in [3.8, 4) is 5.75 Å². The zero-order valence-electron chi connectivity index (χ0n) is 9.95. The lowest BCUT2D eigenvalue weighted by Crippen LogP contribution is -2.14. The van der Waals surface area contributed by atoms with E-state index in [0.29, 0.717) is 11.3 Å². The van der Waals surface area contributed by atoms with Gasteiger partial charge in [-0.1, -0.05) is 6.92 Å². The molecule has 0 fully saturated rings. The van der Waals surface area contributed by atoms with Crippen LogP contribution in [-0.4, -0.2) is 28.4 Å². The van der Waals surface area contributed by atoms with E-state index in [2.05, 4.69) is 0 Å². The Kier molecular flexibility index (Phi) is 4.96. The molecule has 0 amide bonds. The van der Waals surface area contributed by atoms with Gasteiger partial charge in [-0.3, -0.25) is 14.9 Å². The van der Waals surface area contributed by atoms with Gasteiger partial charge in [0.25, 0.3) is 0 Å². The van der Waals surface area contributed by atoms with Gasteiger partial charge in [0, 0.05) is 17.0 Å². The minimum atomic E-state index is -0.903. The van der Waals surface area contributed by atoms with Crippen LogP contribution in [0.4, 0.5) is 5.69 Å². The average Bonchev–Trinajstić information content (AvgIpc) is 2.34. The number of hydrogen-bond acceptors (Lipinski definition) is 5. The fourth-order valence-corrected chi connectivity index (χ4v) is 2.27. The van der Waals surface area contributed by atoms with Crippen LogP contribution >= 0.6 is 11.8 Å². The third-order valence-electron chi connectivity index (χ3n) is 2.27. The summed E-state index contributed by atoms with van der Waals surface area (Å²) in [5.41, 5.74) is -0.134. The highest BCUT2D eigenvalue weighted by Gasteiger charge is 2.19. The van der Waals surface area contributed by atoms with Crippen molar-refractivity contribution in [1.82, 2.24) is 0 Å². The molecule has 1 atom stereocenters. The number of carboxylic acids is 1.